The molecule has 1 aliphatic carbocycles. The summed E-state index contributed by atoms with van der Waals surface area (Å²) in [6, 6.07) is 5.61. The number of amides is 2. The first kappa shape index (κ1) is 20.6. The maximum atomic E-state index is 13.1. The summed E-state index contributed by atoms with van der Waals surface area (Å²) in [6.07, 6.45) is 4.97. The highest BCUT2D eigenvalue weighted by molar-refractivity contribution is 7.89. The van der Waals surface area contributed by atoms with Crippen molar-refractivity contribution in [3.05, 3.63) is 29.3 Å². The van der Waals surface area contributed by atoms with Crippen LogP contribution in [0.4, 0.5) is 4.79 Å². The predicted octanol–water partition coefficient (Wildman–Crippen LogP) is 1.67. The molecule has 160 valence electrons. The molecule has 1 N–H and O–H groups in total. The van der Waals surface area contributed by atoms with Gasteiger partial charge in [-0.15, -0.1) is 0 Å². The average Bonchev–Trinajstić information content (AvgIpc) is 3.13. The molecule has 0 saturated carbocycles. The fourth-order valence-corrected chi connectivity index (χ4v) is 6.36. The van der Waals surface area contributed by atoms with E-state index in [1.807, 2.05) is 24.0 Å². The van der Waals surface area contributed by atoms with Gasteiger partial charge in [-0.3, -0.25) is 0 Å². The number of hydrogen-bond donors (Lipinski definition) is 1. The number of benzene rings is 1. The fraction of sp³-hybridized carbons (Fsp3) is 0.667. The Balaban J connectivity index is 1.46. The van der Waals surface area contributed by atoms with Gasteiger partial charge in [-0.1, -0.05) is 6.07 Å². The van der Waals surface area contributed by atoms with E-state index in [1.165, 1.54) is 15.4 Å². The lowest BCUT2D eigenvalue weighted by Gasteiger charge is -2.48. The fourth-order valence-electron chi connectivity index (χ4n) is 4.79. The Hall–Kier alpha value is -1.64. The van der Waals surface area contributed by atoms with Crippen molar-refractivity contribution in [3.8, 4) is 0 Å². The minimum atomic E-state index is -3.50. The monoisotopic (exact) mass is 420 g/mol. The van der Waals surface area contributed by atoms with E-state index in [-0.39, 0.29) is 18.1 Å². The summed E-state index contributed by atoms with van der Waals surface area (Å²) in [5.41, 5.74) is 2.44. The van der Waals surface area contributed by atoms with Crippen LogP contribution in [0.25, 0.3) is 0 Å². The lowest BCUT2D eigenvalue weighted by atomic mass is 10.00. The van der Waals surface area contributed by atoms with E-state index in [0.717, 1.165) is 45.2 Å². The summed E-state index contributed by atoms with van der Waals surface area (Å²) in [7, 11) is -1.40. The maximum Gasteiger partial charge on any atom is 0.317 e. The molecule has 1 aromatic carbocycles. The van der Waals surface area contributed by atoms with Gasteiger partial charge in [-0.25, -0.2) is 13.2 Å². The highest BCUT2D eigenvalue weighted by Crippen LogP contribution is 2.30. The number of sulfonamides is 1. The molecular formula is C21H32N4O3S. The van der Waals surface area contributed by atoms with E-state index in [2.05, 4.69) is 17.3 Å². The van der Waals surface area contributed by atoms with Crippen LogP contribution in [0.1, 0.15) is 37.3 Å². The number of piperidine rings is 1. The molecule has 0 unspecified atom stereocenters. The van der Waals surface area contributed by atoms with E-state index in [0.29, 0.717) is 24.5 Å². The second-order valence-corrected chi connectivity index (χ2v) is 10.5. The summed E-state index contributed by atoms with van der Waals surface area (Å²) in [4.78, 5) is 17.3. The van der Waals surface area contributed by atoms with Gasteiger partial charge in [-0.2, -0.15) is 4.31 Å². The third-order valence-electron chi connectivity index (χ3n) is 6.57. The van der Waals surface area contributed by atoms with Crippen LogP contribution < -0.4 is 5.32 Å². The van der Waals surface area contributed by atoms with E-state index < -0.39 is 10.0 Å². The molecule has 2 heterocycles. The average molecular weight is 421 g/mol. The number of hydrogen-bond acceptors (Lipinski definition) is 4. The van der Waals surface area contributed by atoms with E-state index in [9.17, 15) is 13.2 Å². The number of likely N-dealkylation sites (tertiary alicyclic amines) is 1. The van der Waals surface area contributed by atoms with Gasteiger partial charge >= 0.3 is 6.03 Å². The van der Waals surface area contributed by atoms with Crippen LogP contribution in [0, 0.1) is 0 Å². The zero-order chi connectivity index (χ0) is 20.6. The zero-order valence-electron chi connectivity index (χ0n) is 17.4. The lowest BCUT2D eigenvalue weighted by Crippen LogP contribution is -2.66. The van der Waals surface area contributed by atoms with Gasteiger partial charge in [0.2, 0.25) is 10.0 Å². The minimum absolute atomic E-state index is 0.0563. The quantitative estimate of drug-likeness (QED) is 0.787. The third kappa shape index (κ3) is 4.02. The Morgan fingerprint density at radius 1 is 1.14 bits per heavy atom. The summed E-state index contributed by atoms with van der Waals surface area (Å²) < 4.78 is 27.7. The number of urea groups is 1. The zero-order valence-corrected chi connectivity index (χ0v) is 18.2. The highest BCUT2D eigenvalue weighted by Gasteiger charge is 2.44. The summed E-state index contributed by atoms with van der Waals surface area (Å²) in [5.74, 6) is 0. The molecule has 2 aliphatic heterocycles. The van der Waals surface area contributed by atoms with Gasteiger partial charge in [0, 0.05) is 25.7 Å². The number of carbonyl (C=O) groups excluding carboxylic acids is 1. The number of aryl methyl sites for hydroxylation is 2. The first-order valence-corrected chi connectivity index (χ1v) is 12.2. The second-order valence-electron chi connectivity index (χ2n) is 8.54. The summed E-state index contributed by atoms with van der Waals surface area (Å²) in [6.45, 7) is 5.17. The highest BCUT2D eigenvalue weighted by atomic mass is 32.2. The van der Waals surface area contributed by atoms with Gasteiger partial charge in [0.1, 0.15) is 0 Å². The maximum absolute atomic E-state index is 13.1. The Labute approximate surface area is 174 Å². The molecule has 3 aliphatic rings. The van der Waals surface area contributed by atoms with Crippen LogP contribution in [-0.2, 0) is 22.9 Å². The van der Waals surface area contributed by atoms with Gasteiger partial charge < -0.3 is 15.1 Å². The van der Waals surface area contributed by atoms with Crippen molar-refractivity contribution >= 4 is 16.1 Å². The smallest absolute Gasteiger partial charge is 0.317 e. The van der Waals surface area contributed by atoms with Gasteiger partial charge in [-0.05, 0) is 82.4 Å². The Morgan fingerprint density at radius 2 is 1.83 bits per heavy atom. The number of rotatable bonds is 5. The molecule has 7 nitrogen and oxygen atoms in total. The number of carbonyl (C=O) groups is 1. The van der Waals surface area contributed by atoms with Crippen molar-refractivity contribution in [3.63, 3.8) is 0 Å². The van der Waals surface area contributed by atoms with Gasteiger partial charge in [0.25, 0.3) is 0 Å². The molecule has 0 atom stereocenters. The molecule has 1 aromatic rings. The molecule has 0 spiro atoms. The Kier molecular flexibility index (Phi) is 5.86. The molecule has 8 heteroatoms. The molecule has 0 aromatic heterocycles. The Bertz CT molecular complexity index is 859. The standard InChI is InChI=1S/C21H32N4O3S/c1-3-22-21(26)25(18-9-11-23(2)12-10-18)19-14-24(15-19)29(27,28)20-8-7-16-5-4-6-17(16)13-20/h7-8,13,18-19H,3-6,9-12,14-15H2,1-2H3,(H,22,26). The predicted molar refractivity (Wildman–Crippen MR) is 112 cm³/mol. The van der Waals surface area contributed by atoms with Crippen LogP contribution in [0.2, 0.25) is 0 Å². The third-order valence-corrected chi connectivity index (χ3v) is 8.40. The number of fused-ring (bicyclic) bond motifs is 1. The first-order chi connectivity index (χ1) is 13.9. The van der Waals surface area contributed by atoms with Crippen molar-refractivity contribution in [1.29, 1.82) is 0 Å². The summed E-state index contributed by atoms with van der Waals surface area (Å²) in [5, 5.41) is 2.92. The molecule has 0 bridgehead atoms. The second kappa shape index (κ2) is 8.24. The van der Waals surface area contributed by atoms with Crippen molar-refractivity contribution in [1.82, 2.24) is 19.4 Å². The van der Waals surface area contributed by atoms with Crippen LogP contribution in [-0.4, -0.2) is 80.4 Å². The largest absolute Gasteiger partial charge is 0.338 e. The van der Waals surface area contributed by atoms with Gasteiger partial charge in [0.05, 0.1) is 10.9 Å². The minimum Gasteiger partial charge on any atom is -0.338 e. The van der Waals surface area contributed by atoms with Crippen LogP contribution in [0.15, 0.2) is 23.1 Å². The van der Waals surface area contributed by atoms with Crippen molar-refractivity contribution < 1.29 is 13.2 Å². The summed E-state index contributed by atoms with van der Waals surface area (Å²) >= 11 is 0. The molecular weight excluding hydrogens is 388 g/mol. The van der Waals surface area contributed by atoms with Crippen LogP contribution >= 0.6 is 0 Å². The van der Waals surface area contributed by atoms with Crippen LogP contribution in [0.3, 0.4) is 0 Å². The topological polar surface area (TPSA) is 73.0 Å². The number of nitrogens with one attached hydrogen (secondary N) is 1. The van der Waals surface area contributed by atoms with E-state index in [1.54, 1.807) is 6.07 Å². The van der Waals surface area contributed by atoms with Crippen LogP contribution in [0.5, 0.6) is 0 Å². The lowest BCUT2D eigenvalue weighted by molar-refractivity contribution is 0.0532. The molecule has 29 heavy (non-hydrogen) atoms. The first-order valence-electron chi connectivity index (χ1n) is 10.8. The number of nitrogens with zero attached hydrogens (tertiary/aromatic N) is 3. The molecule has 4 rings (SSSR count). The van der Waals surface area contributed by atoms with E-state index in [4.69, 9.17) is 0 Å². The van der Waals surface area contributed by atoms with E-state index >= 15 is 0 Å². The Morgan fingerprint density at radius 3 is 2.52 bits per heavy atom. The normalized spacial score (nSPS) is 21.6. The molecule has 2 saturated heterocycles. The van der Waals surface area contributed by atoms with Crippen molar-refractivity contribution in [2.45, 2.75) is 56.0 Å². The van der Waals surface area contributed by atoms with Crippen molar-refractivity contribution in [2.24, 2.45) is 0 Å². The van der Waals surface area contributed by atoms with Crippen molar-refractivity contribution in [2.75, 3.05) is 39.8 Å². The molecule has 2 fully saturated rings. The molecule has 0 radical (unpaired) electrons. The van der Waals surface area contributed by atoms with Gasteiger partial charge in [0.15, 0.2) is 0 Å². The molecule has 2 amide bonds. The SMILES string of the molecule is CCNC(=O)N(C1CCN(C)CC1)C1CN(S(=O)(=O)c2ccc3c(c2)CCC3)C1.